The highest BCUT2D eigenvalue weighted by atomic mass is 16.5. The van der Waals surface area contributed by atoms with E-state index < -0.39 is 0 Å². The van der Waals surface area contributed by atoms with Crippen molar-refractivity contribution in [1.82, 2.24) is 9.88 Å². The molecule has 1 aliphatic rings. The minimum absolute atomic E-state index is 0.117. The third-order valence-electron chi connectivity index (χ3n) is 3.61. The Morgan fingerprint density at radius 3 is 3.13 bits per heavy atom. The van der Waals surface area contributed by atoms with E-state index in [0.29, 0.717) is 37.9 Å². The van der Waals surface area contributed by atoms with Crippen LogP contribution in [0.15, 0.2) is 18.3 Å². The molecule has 1 aromatic heterocycles. The zero-order valence-corrected chi connectivity index (χ0v) is 13.8. The Morgan fingerprint density at radius 1 is 1.48 bits per heavy atom. The van der Waals surface area contributed by atoms with Gasteiger partial charge in [0.15, 0.2) is 0 Å². The van der Waals surface area contributed by atoms with Gasteiger partial charge in [0.2, 0.25) is 5.88 Å². The molecule has 2 rings (SSSR count). The number of amides is 2. The van der Waals surface area contributed by atoms with Crippen molar-refractivity contribution in [3.05, 3.63) is 18.3 Å². The van der Waals surface area contributed by atoms with Crippen molar-refractivity contribution in [2.75, 3.05) is 45.3 Å². The van der Waals surface area contributed by atoms with Crippen molar-refractivity contribution in [1.29, 1.82) is 0 Å². The number of nitrogens with zero attached hydrogens (tertiary/aromatic N) is 2. The number of aromatic nitrogens is 1. The number of pyridine rings is 1. The lowest BCUT2D eigenvalue weighted by atomic mass is 10.1. The van der Waals surface area contributed by atoms with Crippen LogP contribution in [0, 0.1) is 0 Å². The molecule has 0 spiro atoms. The maximum absolute atomic E-state index is 12.5. The summed E-state index contributed by atoms with van der Waals surface area (Å²) >= 11 is 0. The van der Waals surface area contributed by atoms with E-state index in [2.05, 4.69) is 10.3 Å². The lowest BCUT2D eigenvalue weighted by Gasteiger charge is -2.32. The minimum Gasteiger partial charge on any atom is -0.474 e. The van der Waals surface area contributed by atoms with Crippen LogP contribution in [0.1, 0.15) is 19.8 Å². The standard InChI is InChI=1S/C16H25N3O4/c1-3-22-13-6-5-9-19(12-13)16(20)18-14-7-4-8-17-15(14)23-11-10-21-2/h4,7-8,13H,3,5-6,9-12H2,1-2H3,(H,18,20)/t13-/m0/s1. The number of carbonyl (C=O) groups is 1. The molecule has 0 bridgehead atoms. The van der Waals surface area contributed by atoms with Crippen molar-refractivity contribution >= 4 is 11.7 Å². The zero-order valence-electron chi connectivity index (χ0n) is 13.8. The van der Waals surface area contributed by atoms with Gasteiger partial charge in [-0.2, -0.15) is 0 Å². The highest BCUT2D eigenvalue weighted by Crippen LogP contribution is 2.22. The van der Waals surface area contributed by atoms with E-state index in [1.807, 2.05) is 6.92 Å². The normalized spacial score (nSPS) is 17.8. The topological polar surface area (TPSA) is 72.9 Å². The number of likely N-dealkylation sites (tertiary alicyclic amines) is 1. The summed E-state index contributed by atoms with van der Waals surface area (Å²) in [5.74, 6) is 0.399. The van der Waals surface area contributed by atoms with Gasteiger partial charge in [0.05, 0.1) is 12.7 Å². The first-order chi connectivity index (χ1) is 11.2. The molecule has 128 valence electrons. The smallest absolute Gasteiger partial charge is 0.322 e. The molecular weight excluding hydrogens is 298 g/mol. The fraction of sp³-hybridized carbons (Fsp3) is 0.625. The van der Waals surface area contributed by atoms with E-state index in [9.17, 15) is 4.79 Å². The minimum atomic E-state index is -0.154. The predicted molar refractivity (Wildman–Crippen MR) is 86.8 cm³/mol. The van der Waals surface area contributed by atoms with Gasteiger partial charge in [-0.3, -0.25) is 0 Å². The van der Waals surface area contributed by atoms with Crippen LogP contribution in [0.3, 0.4) is 0 Å². The Bertz CT molecular complexity index is 496. The van der Waals surface area contributed by atoms with Gasteiger partial charge in [-0.25, -0.2) is 9.78 Å². The summed E-state index contributed by atoms with van der Waals surface area (Å²) in [6.07, 6.45) is 3.69. The van der Waals surface area contributed by atoms with Gasteiger partial charge in [0.25, 0.3) is 0 Å². The van der Waals surface area contributed by atoms with E-state index in [0.717, 1.165) is 19.4 Å². The third kappa shape index (κ3) is 5.37. The van der Waals surface area contributed by atoms with Crippen LogP contribution in [-0.4, -0.2) is 62.0 Å². The summed E-state index contributed by atoms with van der Waals surface area (Å²) in [6.45, 7) is 4.83. The van der Waals surface area contributed by atoms with Crippen molar-refractivity contribution < 1.29 is 19.0 Å². The highest BCUT2D eigenvalue weighted by molar-refractivity contribution is 5.90. The van der Waals surface area contributed by atoms with Gasteiger partial charge in [0.1, 0.15) is 12.3 Å². The van der Waals surface area contributed by atoms with Crippen molar-refractivity contribution in [2.45, 2.75) is 25.9 Å². The summed E-state index contributed by atoms with van der Waals surface area (Å²) in [5, 5.41) is 2.87. The molecule has 1 atom stereocenters. The van der Waals surface area contributed by atoms with Crippen molar-refractivity contribution in [3.63, 3.8) is 0 Å². The number of piperidine rings is 1. The Hall–Kier alpha value is -1.86. The Kier molecular flexibility index (Phi) is 7.09. The van der Waals surface area contributed by atoms with E-state index in [-0.39, 0.29) is 12.1 Å². The van der Waals surface area contributed by atoms with Crippen LogP contribution in [-0.2, 0) is 9.47 Å². The number of methoxy groups -OCH3 is 1. The first-order valence-corrected chi connectivity index (χ1v) is 7.99. The number of anilines is 1. The van der Waals surface area contributed by atoms with Crippen molar-refractivity contribution in [2.24, 2.45) is 0 Å². The molecule has 2 heterocycles. The fourth-order valence-corrected chi connectivity index (χ4v) is 2.51. The average molecular weight is 323 g/mol. The number of ether oxygens (including phenoxy) is 3. The van der Waals surface area contributed by atoms with Gasteiger partial charge >= 0.3 is 6.03 Å². The molecule has 1 saturated heterocycles. The Labute approximate surface area is 136 Å². The second kappa shape index (κ2) is 9.32. The largest absolute Gasteiger partial charge is 0.474 e. The van der Waals surface area contributed by atoms with Crippen LogP contribution in [0.2, 0.25) is 0 Å². The summed E-state index contributed by atoms with van der Waals surface area (Å²) < 4.78 is 16.1. The SMILES string of the molecule is CCO[C@H]1CCCN(C(=O)Nc2cccnc2OCCOC)C1. The number of nitrogens with one attached hydrogen (secondary N) is 1. The van der Waals surface area contributed by atoms with Gasteiger partial charge in [-0.05, 0) is 31.9 Å². The third-order valence-corrected chi connectivity index (χ3v) is 3.61. The lowest BCUT2D eigenvalue weighted by Crippen LogP contribution is -2.45. The van der Waals surface area contributed by atoms with Gasteiger partial charge in [-0.15, -0.1) is 0 Å². The van der Waals surface area contributed by atoms with E-state index in [1.54, 1.807) is 30.3 Å². The van der Waals surface area contributed by atoms with E-state index >= 15 is 0 Å². The van der Waals surface area contributed by atoms with Crippen LogP contribution in [0.25, 0.3) is 0 Å². The Morgan fingerprint density at radius 2 is 2.35 bits per heavy atom. The summed E-state index contributed by atoms with van der Waals surface area (Å²) in [5.41, 5.74) is 0.562. The first kappa shape index (κ1) is 17.5. The van der Waals surface area contributed by atoms with Crippen LogP contribution < -0.4 is 10.1 Å². The molecule has 23 heavy (non-hydrogen) atoms. The molecule has 0 aliphatic carbocycles. The maximum Gasteiger partial charge on any atom is 0.322 e. The van der Waals surface area contributed by atoms with Crippen LogP contribution in [0.5, 0.6) is 5.88 Å². The van der Waals surface area contributed by atoms with Crippen molar-refractivity contribution in [3.8, 4) is 5.88 Å². The maximum atomic E-state index is 12.5. The number of hydrogen-bond acceptors (Lipinski definition) is 5. The Balaban J connectivity index is 1.94. The fourth-order valence-electron chi connectivity index (χ4n) is 2.51. The van der Waals surface area contributed by atoms with Crippen LogP contribution >= 0.6 is 0 Å². The van der Waals surface area contributed by atoms with Gasteiger partial charge < -0.3 is 24.4 Å². The molecule has 1 N–H and O–H groups in total. The molecule has 0 radical (unpaired) electrons. The first-order valence-electron chi connectivity index (χ1n) is 7.99. The number of hydrogen-bond donors (Lipinski definition) is 1. The molecule has 0 unspecified atom stereocenters. The lowest BCUT2D eigenvalue weighted by molar-refractivity contribution is 0.0181. The summed E-state index contributed by atoms with van der Waals surface area (Å²) in [7, 11) is 1.61. The van der Waals surface area contributed by atoms with Crippen LogP contribution in [0.4, 0.5) is 10.5 Å². The molecule has 0 saturated carbocycles. The second-order valence-corrected chi connectivity index (χ2v) is 5.29. The molecule has 0 aromatic carbocycles. The molecule has 1 aromatic rings. The number of carbonyl (C=O) groups excluding carboxylic acids is 1. The molecule has 2 amide bonds. The van der Waals surface area contributed by atoms with E-state index in [1.165, 1.54) is 0 Å². The number of urea groups is 1. The van der Waals surface area contributed by atoms with Gasteiger partial charge in [-0.1, -0.05) is 0 Å². The second-order valence-electron chi connectivity index (χ2n) is 5.29. The summed E-state index contributed by atoms with van der Waals surface area (Å²) in [4.78, 5) is 18.4. The molecule has 1 aliphatic heterocycles. The quantitative estimate of drug-likeness (QED) is 0.778. The predicted octanol–water partition coefficient (Wildman–Crippen LogP) is 2.14. The monoisotopic (exact) mass is 323 g/mol. The zero-order chi connectivity index (χ0) is 16.5. The van der Waals surface area contributed by atoms with Gasteiger partial charge in [0, 0.05) is 33.0 Å². The molecule has 7 nitrogen and oxygen atoms in total. The average Bonchev–Trinajstić information content (AvgIpc) is 2.57. The highest BCUT2D eigenvalue weighted by Gasteiger charge is 2.24. The summed E-state index contributed by atoms with van der Waals surface area (Å²) in [6, 6.07) is 3.38. The molecule has 7 heteroatoms. The van der Waals surface area contributed by atoms with E-state index in [4.69, 9.17) is 14.2 Å². The molecule has 1 fully saturated rings. The number of rotatable bonds is 7. The molecular formula is C16H25N3O4.